The summed E-state index contributed by atoms with van der Waals surface area (Å²) in [7, 11) is 0. The SMILES string of the molecule is CCC(Oc1ccccc1)C(=O)NCC1(O)CCCC1. The lowest BCUT2D eigenvalue weighted by atomic mass is 10.0. The fraction of sp³-hybridized carbons (Fsp3) is 0.562. The van der Waals surface area contributed by atoms with Crippen LogP contribution >= 0.6 is 0 Å². The Morgan fingerprint density at radius 2 is 2.00 bits per heavy atom. The molecule has 0 radical (unpaired) electrons. The Bertz CT molecular complexity index is 427. The molecule has 1 aliphatic carbocycles. The van der Waals surface area contributed by atoms with Crippen LogP contribution in [0.2, 0.25) is 0 Å². The summed E-state index contributed by atoms with van der Waals surface area (Å²) in [4.78, 5) is 12.1. The highest BCUT2D eigenvalue weighted by atomic mass is 16.5. The molecule has 0 aromatic heterocycles. The van der Waals surface area contributed by atoms with Gasteiger partial charge >= 0.3 is 0 Å². The average Bonchev–Trinajstić information content (AvgIpc) is 2.91. The first-order valence-corrected chi connectivity index (χ1v) is 7.35. The first kappa shape index (κ1) is 14.9. The largest absolute Gasteiger partial charge is 0.481 e. The number of amides is 1. The fourth-order valence-corrected chi connectivity index (χ4v) is 2.56. The minimum Gasteiger partial charge on any atom is -0.481 e. The van der Waals surface area contributed by atoms with Gasteiger partial charge in [0.1, 0.15) is 5.75 Å². The molecule has 2 N–H and O–H groups in total. The van der Waals surface area contributed by atoms with Crippen LogP contribution in [0.5, 0.6) is 5.75 Å². The molecule has 0 saturated heterocycles. The van der Waals surface area contributed by atoms with Crippen molar-refractivity contribution in [3.05, 3.63) is 30.3 Å². The Morgan fingerprint density at radius 1 is 1.35 bits per heavy atom. The summed E-state index contributed by atoms with van der Waals surface area (Å²) in [5.74, 6) is 0.533. The lowest BCUT2D eigenvalue weighted by Crippen LogP contribution is -2.45. The van der Waals surface area contributed by atoms with Gasteiger partial charge in [-0.3, -0.25) is 4.79 Å². The van der Waals surface area contributed by atoms with Crippen LogP contribution in [0.3, 0.4) is 0 Å². The number of benzene rings is 1. The van der Waals surface area contributed by atoms with Gasteiger partial charge in [-0.25, -0.2) is 0 Å². The summed E-state index contributed by atoms with van der Waals surface area (Å²) in [6.45, 7) is 2.23. The summed E-state index contributed by atoms with van der Waals surface area (Å²) in [6, 6.07) is 9.33. The van der Waals surface area contributed by atoms with Crippen LogP contribution in [-0.2, 0) is 4.79 Å². The van der Waals surface area contributed by atoms with E-state index in [1.54, 1.807) is 0 Å². The quantitative estimate of drug-likeness (QED) is 0.838. The van der Waals surface area contributed by atoms with Gasteiger partial charge in [-0.2, -0.15) is 0 Å². The molecule has 110 valence electrons. The van der Waals surface area contributed by atoms with E-state index in [1.165, 1.54) is 0 Å². The number of carbonyl (C=O) groups excluding carboxylic acids is 1. The van der Waals surface area contributed by atoms with Gasteiger partial charge < -0.3 is 15.2 Å². The first-order valence-electron chi connectivity index (χ1n) is 7.35. The highest BCUT2D eigenvalue weighted by Crippen LogP contribution is 2.28. The molecule has 0 bridgehead atoms. The smallest absolute Gasteiger partial charge is 0.261 e. The van der Waals surface area contributed by atoms with E-state index in [4.69, 9.17) is 4.74 Å². The maximum absolute atomic E-state index is 12.1. The van der Waals surface area contributed by atoms with Crippen LogP contribution < -0.4 is 10.1 Å². The van der Waals surface area contributed by atoms with E-state index in [-0.39, 0.29) is 5.91 Å². The second kappa shape index (κ2) is 6.75. The standard InChI is InChI=1S/C16H23NO3/c1-2-14(20-13-8-4-3-5-9-13)15(18)17-12-16(19)10-6-7-11-16/h3-5,8-9,14,19H,2,6-7,10-12H2,1H3,(H,17,18). The molecular formula is C16H23NO3. The predicted octanol–water partition coefficient (Wildman–Crippen LogP) is 2.27. The number of nitrogens with one attached hydrogen (secondary N) is 1. The molecule has 1 aromatic carbocycles. The average molecular weight is 277 g/mol. The number of hydrogen-bond donors (Lipinski definition) is 2. The van der Waals surface area contributed by atoms with E-state index < -0.39 is 11.7 Å². The lowest BCUT2D eigenvalue weighted by molar-refractivity contribution is -0.129. The van der Waals surface area contributed by atoms with Crippen LogP contribution in [-0.4, -0.2) is 29.3 Å². The molecule has 1 saturated carbocycles. The number of aliphatic hydroxyl groups is 1. The maximum atomic E-state index is 12.1. The summed E-state index contributed by atoms with van der Waals surface area (Å²) >= 11 is 0. The molecule has 1 unspecified atom stereocenters. The van der Waals surface area contributed by atoms with Gasteiger partial charge in [0.05, 0.1) is 5.60 Å². The topological polar surface area (TPSA) is 58.6 Å². The van der Waals surface area contributed by atoms with Gasteiger partial charge in [0.2, 0.25) is 0 Å². The molecule has 1 aromatic rings. The summed E-state index contributed by atoms with van der Waals surface area (Å²) in [5, 5.41) is 13.1. The van der Waals surface area contributed by atoms with Crippen LogP contribution in [0.1, 0.15) is 39.0 Å². The van der Waals surface area contributed by atoms with Crippen molar-refractivity contribution in [3.8, 4) is 5.75 Å². The maximum Gasteiger partial charge on any atom is 0.261 e. The van der Waals surface area contributed by atoms with Crippen molar-refractivity contribution in [2.45, 2.75) is 50.7 Å². The summed E-state index contributed by atoms with van der Waals surface area (Å²) < 4.78 is 5.68. The van der Waals surface area contributed by atoms with E-state index in [0.717, 1.165) is 25.7 Å². The molecule has 4 nitrogen and oxygen atoms in total. The van der Waals surface area contributed by atoms with E-state index in [1.807, 2.05) is 37.3 Å². The van der Waals surface area contributed by atoms with Crippen molar-refractivity contribution >= 4 is 5.91 Å². The van der Waals surface area contributed by atoms with E-state index >= 15 is 0 Å². The Balaban J connectivity index is 1.85. The normalized spacial score (nSPS) is 18.5. The molecule has 4 heteroatoms. The van der Waals surface area contributed by atoms with Gasteiger partial charge in [0, 0.05) is 6.54 Å². The summed E-state index contributed by atoms with van der Waals surface area (Å²) in [5.41, 5.74) is -0.722. The zero-order chi connectivity index (χ0) is 14.4. The molecule has 1 aliphatic rings. The van der Waals surface area contributed by atoms with Gasteiger partial charge in [0.15, 0.2) is 6.10 Å². The van der Waals surface area contributed by atoms with Crippen molar-refractivity contribution in [3.63, 3.8) is 0 Å². The number of hydrogen-bond acceptors (Lipinski definition) is 3. The minimum absolute atomic E-state index is 0.156. The fourth-order valence-electron chi connectivity index (χ4n) is 2.56. The van der Waals surface area contributed by atoms with Crippen LogP contribution in [0.4, 0.5) is 0 Å². The van der Waals surface area contributed by atoms with Crippen molar-refractivity contribution in [1.29, 1.82) is 0 Å². The third kappa shape index (κ3) is 3.97. The molecule has 0 aliphatic heterocycles. The second-order valence-electron chi connectivity index (χ2n) is 5.48. The van der Waals surface area contributed by atoms with Gasteiger partial charge in [0.25, 0.3) is 5.91 Å². The summed E-state index contributed by atoms with van der Waals surface area (Å²) in [6.07, 6.45) is 3.68. The Labute approximate surface area is 120 Å². The lowest BCUT2D eigenvalue weighted by Gasteiger charge is -2.24. The molecule has 0 heterocycles. The van der Waals surface area contributed by atoms with Gasteiger partial charge in [-0.15, -0.1) is 0 Å². The van der Waals surface area contributed by atoms with E-state index in [9.17, 15) is 9.90 Å². The second-order valence-corrected chi connectivity index (χ2v) is 5.48. The van der Waals surface area contributed by atoms with Crippen molar-refractivity contribution < 1.29 is 14.6 Å². The van der Waals surface area contributed by atoms with Crippen LogP contribution in [0.25, 0.3) is 0 Å². The van der Waals surface area contributed by atoms with Crippen molar-refractivity contribution in [1.82, 2.24) is 5.32 Å². The Morgan fingerprint density at radius 3 is 2.60 bits per heavy atom. The third-order valence-electron chi connectivity index (χ3n) is 3.81. The molecule has 0 spiro atoms. The van der Waals surface area contributed by atoms with Crippen LogP contribution in [0, 0.1) is 0 Å². The van der Waals surface area contributed by atoms with E-state index in [2.05, 4.69) is 5.32 Å². The third-order valence-corrected chi connectivity index (χ3v) is 3.81. The molecule has 1 atom stereocenters. The van der Waals surface area contributed by atoms with Gasteiger partial charge in [-0.1, -0.05) is 38.0 Å². The van der Waals surface area contributed by atoms with Crippen LogP contribution in [0.15, 0.2) is 30.3 Å². The number of ether oxygens (including phenoxy) is 1. The zero-order valence-electron chi connectivity index (χ0n) is 12.0. The number of carbonyl (C=O) groups is 1. The van der Waals surface area contributed by atoms with E-state index in [0.29, 0.717) is 18.7 Å². The minimum atomic E-state index is -0.722. The van der Waals surface area contributed by atoms with Gasteiger partial charge in [-0.05, 0) is 31.4 Å². The monoisotopic (exact) mass is 277 g/mol. The predicted molar refractivity (Wildman–Crippen MR) is 77.6 cm³/mol. The highest BCUT2D eigenvalue weighted by Gasteiger charge is 2.32. The Kier molecular flexibility index (Phi) is 5.01. The van der Waals surface area contributed by atoms with Crippen molar-refractivity contribution in [2.75, 3.05) is 6.54 Å². The Hall–Kier alpha value is -1.55. The zero-order valence-corrected chi connectivity index (χ0v) is 12.0. The number of rotatable bonds is 6. The molecular weight excluding hydrogens is 254 g/mol. The molecule has 1 amide bonds. The van der Waals surface area contributed by atoms with Crippen molar-refractivity contribution in [2.24, 2.45) is 0 Å². The number of para-hydroxylation sites is 1. The first-order chi connectivity index (χ1) is 9.63. The molecule has 20 heavy (non-hydrogen) atoms. The molecule has 1 fully saturated rings. The highest BCUT2D eigenvalue weighted by molar-refractivity contribution is 5.81. The molecule has 2 rings (SSSR count).